The fourth-order valence-electron chi connectivity index (χ4n) is 6.43. The van der Waals surface area contributed by atoms with E-state index in [4.69, 9.17) is 8.85 Å². The Labute approximate surface area is 219 Å². The molecule has 2 aromatic carbocycles. The van der Waals surface area contributed by atoms with Crippen LogP contribution in [0.5, 0.6) is 11.5 Å². The third-order valence-electron chi connectivity index (χ3n) is 7.97. The van der Waals surface area contributed by atoms with Gasteiger partial charge in [0, 0.05) is 0 Å². The van der Waals surface area contributed by atoms with Crippen molar-refractivity contribution < 1.29 is 8.85 Å². The summed E-state index contributed by atoms with van der Waals surface area (Å²) in [5, 5.41) is 0.369. The van der Waals surface area contributed by atoms with Crippen molar-refractivity contribution in [2.24, 2.45) is 0 Å². The molecule has 2 nitrogen and oxygen atoms in total. The largest absolute Gasteiger partial charge is 0.542 e. The maximum atomic E-state index is 7.15. The average molecular weight is 513 g/mol. The third-order valence-corrected chi connectivity index (χ3v) is 21.0. The fraction of sp³-hybridized carbons (Fsp3) is 0.613. The topological polar surface area (TPSA) is 18.5 Å². The number of hydrogen-bond donors (Lipinski definition) is 0. The molecule has 0 spiro atoms. The molecular formula is C31H52O2Si2. The van der Waals surface area contributed by atoms with Crippen LogP contribution in [0, 0.1) is 0 Å². The second-order valence-electron chi connectivity index (χ2n) is 14.3. The maximum Gasteiger partial charge on any atom is 0.261 e. The van der Waals surface area contributed by atoms with Crippen molar-refractivity contribution in [3.8, 4) is 11.5 Å². The van der Waals surface area contributed by atoms with E-state index in [0.29, 0.717) is 0 Å². The van der Waals surface area contributed by atoms with Gasteiger partial charge in [-0.1, -0.05) is 126 Å². The highest BCUT2D eigenvalue weighted by Gasteiger charge is 2.59. The van der Waals surface area contributed by atoms with E-state index in [9.17, 15) is 0 Å². The molecule has 0 heterocycles. The Morgan fingerprint density at radius 1 is 0.457 bits per heavy atom. The molecule has 0 amide bonds. The highest BCUT2D eigenvalue weighted by molar-refractivity contribution is 6.81. The van der Waals surface area contributed by atoms with Gasteiger partial charge in [-0.15, -0.1) is 0 Å². The summed E-state index contributed by atoms with van der Waals surface area (Å²) in [6, 6.07) is 23.2. The van der Waals surface area contributed by atoms with E-state index in [1.54, 1.807) is 0 Å². The molecule has 0 bridgehead atoms. The van der Waals surface area contributed by atoms with Crippen LogP contribution in [0.1, 0.15) is 89.5 Å². The smallest absolute Gasteiger partial charge is 0.261 e. The zero-order chi connectivity index (χ0) is 26.8. The molecule has 35 heavy (non-hydrogen) atoms. The molecule has 0 aliphatic rings. The summed E-state index contributed by atoms with van der Waals surface area (Å²) >= 11 is 0. The first-order chi connectivity index (χ1) is 15.9. The molecule has 0 unspecified atom stereocenters. The zero-order valence-electron chi connectivity index (χ0n) is 24.7. The molecule has 0 aromatic heterocycles. The van der Waals surface area contributed by atoms with Crippen molar-refractivity contribution in [3.63, 3.8) is 0 Å². The number of para-hydroxylation sites is 2. The van der Waals surface area contributed by atoms with Gasteiger partial charge in [-0.3, -0.25) is 0 Å². The van der Waals surface area contributed by atoms with Crippen LogP contribution in [0.2, 0.25) is 32.2 Å². The lowest BCUT2D eigenvalue weighted by Gasteiger charge is -2.53. The predicted octanol–water partition coefficient (Wildman–Crippen LogP) is 10.6. The van der Waals surface area contributed by atoms with Crippen molar-refractivity contribution in [3.05, 3.63) is 60.7 Å². The lowest BCUT2D eigenvalue weighted by atomic mass is 10.2. The Bertz CT molecular complexity index is 805. The van der Waals surface area contributed by atoms with Crippen LogP contribution in [0.4, 0.5) is 0 Å². The molecule has 0 saturated carbocycles. The first kappa shape index (κ1) is 29.7. The predicted molar refractivity (Wildman–Crippen MR) is 159 cm³/mol. The van der Waals surface area contributed by atoms with Crippen molar-refractivity contribution in [2.75, 3.05) is 0 Å². The van der Waals surface area contributed by atoms with Gasteiger partial charge >= 0.3 is 0 Å². The molecule has 0 saturated heterocycles. The van der Waals surface area contributed by atoms with Crippen LogP contribution in [0.25, 0.3) is 0 Å². The number of rotatable bonds is 8. The molecular weight excluding hydrogens is 461 g/mol. The van der Waals surface area contributed by atoms with Gasteiger partial charge in [-0.05, 0) is 56.5 Å². The summed E-state index contributed by atoms with van der Waals surface area (Å²) < 4.78 is 14.3. The Hall–Kier alpha value is -1.53. The number of benzene rings is 2. The van der Waals surface area contributed by atoms with E-state index < -0.39 is 16.6 Å². The van der Waals surface area contributed by atoms with Crippen molar-refractivity contribution in [1.29, 1.82) is 0 Å². The molecule has 4 heteroatoms. The summed E-state index contributed by atoms with van der Waals surface area (Å²) in [5.41, 5.74) is 0. The molecule has 2 aromatic rings. The van der Waals surface area contributed by atoms with Crippen LogP contribution < -0.4 is 8.85 Å². The quantitative estimate of drug-likeness (QED) is 0.327. The van der Waals surface area contributed by atoms with Gasteiger partial charge in [-0.25, -0.2) is 0 Å². The van der Waals surface area contributed by atoms with E-state index in [2.05, 4.69) is 144 Å². The monoisotopic (exact) mass is 512 g/mol. The molecule has 196 valence electrons. The Morgan fingerprint density at radius 2 is 0.714 bits per heavy atom. The van der Waals surface area contributed by atoms with Gasteiger partial charge in [0.1, 0.15) is 11.5 Å². The summed E-state index contributed by atoms with van der Waals surface area (Å²) in [5.74, 6) is 2.03. The lowest BCUT2D eigenvalue weighted by Crippen LogP contribution is -2.59. The van der Waals surface area contributed by atoms with E-state index >= 15 is 0 Å². The van der Waals surface area contributed by atoms with Gasteiger partial charge in [0.15, 0.2) is 0 Å². The third kappa shape index (κ3) is 6.43. The SMILES string of the molecule is CC(C)(C)[Si](CCC[Si](Oc1ccccc1)(C(C)(C)C)C(C)(C)C)(Oc1ccccc1)C(C)(C)C. The van der Waals surface area contributed by atoms with Crippen LogP contribution in [0.3, 0.4) is 0 Å². The summed E-state index contributed by atoms with van der Waals surface area (Å²) in [6.07, 6.45) is 1.13. The van der Waals surface area contributed by atoms with E-state index in [1.807, 2.05) is 0 Å². The molecule has 0 N–H and O–H groups in total. The van der Waals surface area contributed by atoms with Crippen LogP contribution >= 0.6 is 0 Å². The standard InChI is InChI=1S/C31H52O2Si2/c1-28(2,3)34(29(4,5)6,32-26-20-15-13-16-21-26)24-19-25-35(30(7,8)9,31(10,11)12)33-27-22-17-14-18-23-27/h13-18,20-23H,19,24-25H2,1-12H3. The van der Waals surface area contributed by atoms with Crippen LogP contribution in [-0.2, 0) is 0 Å². The second kappa shape index (κ2) is 10.5. The minimum atomic E-state index is -2.28. The molecule has 0 aliphatic heterocycles. The molecule has 0 fully saturated rings. The van der Waals surface area contributed by atoms with Gasteiger partial charge in [-0.2, -0.15) is 0 Å². The molecule has 0 radical (unpaired) electrons. The number of hydrogen-bond acceptors (Lipinski definition) is 2. The van der Waals surface area contributed by atoms with E-state index in [1.165, 1.54) is 0 Å². The minimum Gasteiger partial charge on any atom is -0.542 e. The minimum absolute atomic E-state index is 0.0923. The van der Waals surface area contributed by atoms with Crippen LogP contribution in [0.15, 0.2) is 60.7 Å². The van der Waals surface area contributed by atoms with Gasteiger partial charge in [0.2, 0.25) is 0 Å². The molecule has 2 rings (SSSR count). The highest BCUT2D eigenvalue weighted by Crippen LogP contribution is 2.57. The summed E-state index contributed by atoms with van der Waals surface area (Å²) in [7, 11) is -4.57. The highest BCUT2D eigenvalue weighted by atomic mass is 28.4. The van der Waals surface area contributed by atoms with E-state index in [-0.39, 0.29) is 20.2 Å². The Morgan fingerprint density at radius 3 is 0.943 bits per heavy atom. The first-order valence-electron chi connectivity index (χ1n) is 13.3. The molecule has 0 aliphatic carbocycles. The van der Waals surface area contributed by atoms with E-state index in [0.717, 1.165) is 30.0 Å². The van der Waals surface area contributed by atoms with Gasteiger partial charge in [0.05, 0.1) is 0 Å². The summed E-state index contributed by atoms with van der Waals surface area (Å²) in [4.78, 5) is 0. The fourth-order valence-corrected chi connectivity index (χ4v) is 18.1. The van der Waals surface area contributed by atoms with Crippen molar-refractivity contribution in [2.45, 2.75) is 122 Å². The zero-order valence-corrected chi connectivity index (χ0v) is 26.7. The van der Waals surface area contributed by atoms with Crippen molar-refractivity contribution >= 4 is 16.6 Å². The Balaban J connectivity index is 2.49. The van der Waals surface area contributed by atoms with Gasteiger partial charge < -0.3 is 8.85 Å². The first-order valence-corrected chi connectivity index (χ1v) is 17.6. The van der Waals surface area contributed by atoms with Crippen molar-refractivity contribution in [1.82, 2.24) is 0 Å². The average Bonchev–Trinajstić information content (AvgIpc) is 2.70. The normalized spacial score (nSPS) is 14.1. The van der Waals surface area contributed by atoms with Gasteiger partial charge in [0.25, 0.3) is 16.6 Å². The lowest BCUT2D eigenvalue weighted by molar-refractivity contribution is 0.405. The maximum absolute atomic E-state index is 7.15. The van der Waals surface area contributed by atoms with Crippen LogP contribution in [-0.4, -0.2) is 16.6 Å². The Kier molecular flexibility index (Phi) is 8.87. The second-order valence-corrected chi connectivity index (χ2v) is 25.1. The molecule has 0 atom stereocenters. The summed E-state index contributed by atoms with van der Waals surface area (Å²) in [6.45, 7) is 28.7.